The molecular weight excluding hydrogens is 246 g/mol. The fourth-order valence-corrected chi connectivity index (χ4v) is 2.64. The maximum absolute atomic E-state index is 4.70. The van der Waals surface area contributed by atoms with E-state index in [0.29, 0.717) is 11.8 Å². The Hall–Kier alpha value is -0.960. The highest BCUT2D eigenvalue weighted by Gasteiger charge is 2.15. The van der Waals surface area contributed by atoms with Crippen LogP contribution in [-0.4, -0.2) is 23.1 Å². The number of nitrogens with one attached hydrogen (secondary N) is 1. The molecule has 1 unspecified atom stereocenters. The molecule has 0 radical (unpaired) electrons. The van der Waals surface area contributed by atoms with Crippen molar-refractivity contribution in [3.63, 3.8) is 0 Å². The molecule has 0 aliphatic heterocycles. The Morgan fingerprint density at radius 2 is 1.60 bits per heavy atom. The van der Waals surface area contributed by atoms with Crippen LogP contribution in [-0.2, 0) is 6.42 Å². The van der Waals surface area contributed by atoms with Gasteiger partial charge in [-0.15, -0.1) is 0 Å². The Bertz CT molecular complexity index is 390. The molecule has 3 heteroatoms. The molecule has 0 aromatic carbocycles. The Morgan fingerprint density at radius 3 is 2.10 bits per heavy atom. The van der Waals surface area contributed by atoms with Crippen LogP contribution >= 0.6 is 0 Å². The van der Waals surface area contributed by atoms with E-state index < -0.39 is 0 Å². The molecule has 20 heavy (non-hydrogen) atoms. The predicted molar refractivity (Wildman–Crippen MR) is 86.2 cm³/mol. The second-order valence-electron chi connectivity index (χ2n) is 6.28. The molecule has 0 saturated heterocycles. The van der Waals surface area contributed by atoms with Crippen molar-refractivity contribution in [3.8, 4) is 0 Å². The molecule has 1 N–H and O–H groups in total. The predicted octanol–water partition coefficient (Wildman–Crippen LogP) is 3.79. The lowest BCUT2D eigenvalue weighted by molar-refractivity contribution is 0.525. The van der Waals surface area contributed by atoms with Crippen molar-refractivity contribution in [3.05, 3.63) is 22.8 Å². The average molecular weight is 277 g/mol. The van der Waals surface area contributed by atoms with Crippen molar-refractivity contribution in [2.24, 2.45) is 5.92 Å². The Balaban J connectivity index is 2.74. The van der Waals surface area contributed by atoms with Crippen LogP contribution in [0.15, 0.2) is 0 Å². The van der Waals surface area contributed by atoms with Crippen molar-refractivity contribution >= 4 is 0 Å². The Morgan fingerprint density at radius 1 is 1.00 bits per heavy atom. The summed E-state index contributed by atoms with van der Waals surface area (Å²) in [6, 6.07) is 0. The van der Waals surface area contributed by atoms with E-state index in [-0.39, 0.29) is 0 Å². The summed E-state index contributed by atoms with van der Waals surface area (Å²) in [6.07, 6.45) is 3.36. The Labute approximate surface area is 124 Å². The standard InChI is InChI=1S/C17H31N3/c1-7-8-9-16-19-14(5)17(15(6)20-16)13(4)11-18-10-12(2)3/h12-13,18H,7-11H2,1-6H3. The van der Waals surface area contributed by atoms with Gasteiger partial charge in [-0.3, -0.25) is 0 Å². The van der Waals surface area contributed by atoms with Gasteiger partial charge >= 0.3 is 0 Å². The van der Waals surface area contributed by atoms with E-state index in [0.717, 1.165) is 36.7 Å². The molecule has 1 heterocycles. The van der Waals surface area contributed by atoms with Crippen molar-refractivity contribution in [2.45, 2.75) is 66.7 Å². The molecule has 0 spiro atoms. The second-order valence-corrected chi connectivity index (χ2v) is 6.28. The van der Waals surface area contributed by atoms with Crippen LogP contribution in [0.2, 0.25) is 0 Å². The highest BCUT2D eigenvalue weighted by molar-refractivity contribution is 5.28. The fraction of sp³-hybridized carbons (Fsp3) is 0.765. The summed E-state index contributed by atoms with van der Waals surface area (Å²) in [6.45, 7) is 15.3. The number of hydrogen-bond acceptors (Lipinski definition) is 3. The summed E-state index contributed by atoms with van der Waals surface area (Å²) < 4.78 is 0. The fourth-order valence-electron chi connectivity index (χ4n) is 2.64. The van der Waals surface area contributed by atoms with Gasteiger partial charge in [-0.1, -0.05) is 34.1 Å². The first kappa shape index (κ1) is 17.1. The minimum absolute atomic E-state index is 0.467. The quantitative estimate of drug-likeness (QED) is 0.785. The molecule has 0 aliphatic carbocycles. The van der Waals surface area contributed by atoms with E-state index in [4.69, 9.17) is 9.97 Å². The van der Waals surface area contributed by atoms with Crippen molar-refractivity contribution in [2.75, 3.05) is 13.1 Å². The summed E-state index contributed by atoms with van der Waals surface area (Å²) in [4.78, 5) is 9.39. The van der Waals surface area contributed by atoms with Gasteiger partial charge in [-0.25, -0.2) is 9.97 Å². The molecule has 0 aliphatic rings. The second kappa shape index (κ2) is 8.35. The molecular formula is C17H31N3. The first-order valence-corrected chi connectivity index (χ1v) is 8.00. The molecule has 114 valence electrons. The largest absolute Gasteiger partial charge is 0.316 e. The highest BCUT2D eigenvalue weighted by atomic mass is 14.9. The van der Waals surface area contributed by atoms with Gasteiger partial charge in [0.2, 0.25) is 0 Å². The lowest BCUT2D eigenvalue weighted by atomic mass is 9.97. The molecule has 1 aromatic heterocycles. The zero-order valence-electron chi connectivity index (χ0n) is 14.1. The summed E-state index contributed by atoms with van der Waals surface area (Å²) >= 11 is 0. The SMILES string of the molecule is CCCCc1nc(C)c(C(C)CNCC(C)C)c(C)n1. The van der Waals surface area contributed by atoms with E-state index in [1.54, 1.807) is 0 Å². The van der Waals surface area contributed by atoms with E-state index >= 15 is 0 Å². The van der Waals surface area contributed by atoms with Gasteiger partial charge in [-0.2, -0.15) is 0 Å². The van der Waals surface area contributed by atoms with Gasteiger partial charge in [0.25, 0.3) is 0 Å². The van der Waals surface area contributed by atoms with E-state index in [9.17, 15) is 0 Å². The molecule has 1 atom stereocenters. The smallest absolute Gasteiger partial charge is 0.128 e. The highest BCUT2D eigenvalue weighted by Crippen LogP contribution is 2.21. The van der Waals surface area contributed by atoms with Crippen LogP contribution in [0.1, 0.15) is 69.2 Å². The first-order chi connectivity index (χ1) is 9.45. The first-order valence-electron chi connectivity index (χ1n) is 8.00. The third-order valence-corrected chi connectivity index (χ3v) is 3.62. The van der Waals surface area contributed by atoms with Crippen molar-refractivity contribution in [1.82, 2.24) is 15.3 Å². The number of hydrogen-bond donors (Lipinski definition) is 1. The van der Waals surface area contributed by atoms with Crippen LogP contribution in [0.5, 0.6) is 0 Å². The minimum Gasteiger partial charge on any atom is -0.316 e. The maximum atomic E-state index is 4.70. The van der Waals surface area contributed by atoms with E-state index in [2.05, 4.69) is 46.9 Å². The van der Waals surface area contributed by atoms with Crippen molar-refractivity contribution in [1.29, 1.82) is 0 Å². The van der Waals surface area contributed by atoms with Crippen LogP contribution in [0.3, 0.4) is 0 Å². The Kier molecular flexibility index (Phi) is 7.14. The number of aryl methyl sites for hydroxylation is 3. The monoisotopic (exact) mass is 277 g/mol. The van der Waals surface area contributed by atoms with Gasteiger partial charge in [0.1, 0.15) is 5.82 Å². The molecule has 0 amide bonds. The van der Waals surface area contributed by atoms with Crippen LogP contribution in [0, 0.1) is 19.8 Å². The topological polar surface area (TPSA) is 37.8 Å². The van der Waals surface area contributed by atoms with Crippen molar-refractivity contribution < 1.29 is 0 Å². The average Bonchev–Trinajstić information content (AvgIpc) is 2.35. The molecule has 0 fully saturated rings. The molecule has 1 aromatic rings. The van der Waals surface area contributed by atoms with Gasteiger partial charge in [0.15, 0.2) is 0 Å². The maximum Gasteiger partial charge on any atom is 0.128 e. The lowest BCUT2D eigenvalue weighted by Gasteiger charge is -2.18. The van der Waals surface area contributed by atoms with Gasteiger partial charge in [-0.05, 0) is 44.2 Å². The van der Waals surface area contributed by atoms with E-state index in [1.165, 1.54) is 18.4 Å². The number of rotatable bonds is 8. The summed E-state index contributed by atoms with van der Waals surface area (Å²) in [5.74, 6) is 2.17. The number of aromatic nitrogens is 2. The molecule has 3 nitrogen and oxygen atoms in total. The zero-order valence-corrected chi connectivity index (χ0v) is 14.1. The molecule has 1 rings (SSSR count). The normalized spacial score (nSPS) is 12.9. The van der Waals surface area contributed by atoms with Crippen LogP contribution in [0.4, 0.5) is 0 Å². The lowest BCUT2D eigenvalue weighted by Crippen LogP contribution is -2.25. The molecule has 0 saturated carbocycles. The van der Waals surface area contributed by atoms with Gasteiger partial charge < -0.3 is 5.32 Å². The third-order valence-electron chi connectivity index (χ3n) is 3.62. The summed E-state index contributed by atoms with van der Waals surface area (Å²) in [5, 5.41) is 3.53. The van der Waals surface area contributed by atoms with Gasteiger partial charge in [0.05, 0.1) is 0 Å². The number of nitrogens with zero attached hydrogens (tertiary/aromatic N) is 2. The zero-order chi connectivity index (χ0) is 15.1. The third kappa shape index (κ3) is 5.20. The summed E-state index contributed by atoms with van der Waals surface area (Å²) in [7, 11) is 0. The number of unbranched alkanes of at least 4 members (excludes halogenated alkanes) is 1. The van der Waals surface area contributed by atoms with Crippen LogP contribution in [0.25, 0.3) is 0 Å². The van der Waals surface area contributed by atoms with Crippen LogP contribution < -0.4 is 5.32 Å². The minimum atomic E-state index is 0.467. The van der Waals surface area contributed by atoms with Gasteiger partial charge in [0, 0.05) is 24.4 Å². The summed E-state index contributed by atoms with van der Waals surface area (Å²) in [5.41, 5.74) is 3.63. The molecule has 0 bridgehead atoms. The van der Waals surface area contributed by atoms with E-state index in [1.807, 2.05) is 0 Å².